The number of H-pyrrole nitrogens is 1. The van der Waals surface area contributed by atoms with Crippen molar-refractivity contribution >= 4 is 11.2 Å². The number of aryl methyl sites for hydroxylation is 1. The monoisotopic (exact) mass is 439 g/mol. The van der Waals surface area contributed by atoms with Crippen LogP contribution in [0.2, 0.25) is 0 Å². The van der Waals surface area contributed by atoms with Crippen molar-refractivity contribution in [2.45, 2.75) is 52.2 Å². The van der Waals surface area contributed by atoms with Gasteiger partial charge in [-0.1, -0.05) is 43.7 Å². The summed E-state index contributed by atoms with van der Waals surface area (Å²) in [5.41, 5.74) is 1.19. The summed E-state index contributed by atoms with van der Waals surface area (Å²) in [7, 11) is 1.76. The minimum atomic E-state index is -0.418. The molecule has 0 atom stereocenters. The Hall–Kier alpha value is -2.71. The predicted molar refractivity (Wildman–Crippen MR) is 125 cm³/mol. The third-order valence-corrected chi connectivity index (χ3v) is 6.36. The molecule has 1 N–H and O–H groups in total. The van der Waals surface area contributed by atoms with Gasteiger partial charge in [0.2, 0.25) is 0 Å². The maximum Gasteiger partial charge on any atom is 0.330 e. The smallest absolute Gasteiger partial charge is 0.330 e. The average Bonchev–Trinajstić information content (AvgIpc) is 3.15. The Labute approximate surface area is 187 Å². The molecule has 1 aliphatic rings. The Morgan fingerprint density at radius 1 is 1.09 bits per heavy atom. The zero-order valence-corrected chi connectivity index (χ0v) is 19.0. The van der Waals surface area contributed by atoms with Gasteiger partial charge in [-0.05, 0) is 43.8 Å². The van der Waals surface area contributed by atoms with E-state index in [9.17, 15) is 9.59 Å². The van der Waals surface area contributed by atoms with Crippen molar-refractivity contribution in [1.82, 2.24) is 24.0 Å². The van der Waals surface area contributed by atoms with Gasteiger partial charge in [0.1, 0.15) is 5.82 Å². The molecule has 0 unspecified atom stereocenters. The average molecular weight is 440 g/mol. The zero-order valence-electron chi connectivity index (χ0n) is 19.0. The summed E-state index contributed by atoms with van der Waals surface area (Å²) in [6, 6.07) is 9.79. The number of unbranched alkanes of at least 4 members (excludes halogenated alkanes) is 1. The third kappa shape index (κ3) is 4.86. The van der Waals surface area contributed by atoms with E-state index in [4.69, 9.17) is 9.72 Å². The molecule has 8 nitrogen and oxygen atoms in total. The Morgan fingerprint density at radius 2 is 1.84 bits per heavy atom. The number of fused-ring (bicyclic) bond motifs is 1. The van der Waals surface area contributed by atoms with Crippen molar-refractivity contribution in [3.05, 3.63) is 62.6 Å². The summed E-state index contributed by atoms with van der Waals surface area (Å²) in [5.74, 6) is 1.46. The summed E-state index contributed by atoms with van der Waals surface area (Å²) in [4.78, 5) is 35.4. The molecule has 0 aliphatic carbocycles. The summed E-state index contributed by atoms with van der Waals surface area (Å²) >= 11 is 0. The summed E-state index contributed by atoms with van der Waals surface area (Å²) < 4.78 is 8.93. The fraction of sp³-hybridized carbons (Fsp3) is 0.542. The molecule has 32 heavy (non-hydrogen) atoms. The van der Waals surface area contributed by atoms with Crippen LogP contribution in [0.4, 0.5) is 0 Å². The summed E-state index contributed by atoms with van der Waals surface area (Å²) in [6.07, 6.45) is 4.17. The molecular weight excluding hydrogens is 406 g/mol. The molecule has 1 aliphatic heterocycles. The molecule has 1 aromatic carbocycles. The number of hydrogen-bond donors (Lipinski definition) is 1. The van der Waals surface area contributed by atoms with Crippen LogP contribution < -0.4 is 11.2 Å². The van der Waals surface area contributed by atoms with E-state index in [1.807, 2.05) is 34.9 Å². The minimum absolute atomic E-state index is 0.358. The molecular formula is C24H33N5O3. The molecule has 0 radical (unpaired) electrons. The number of rotatable bonds is 9. The van der Waals surface area contributed by atoms with Gasteiger partial charge in [-0.3, -0.25) is 19.2 Å². The van der Waals surface area contributed by atoms with Gasteiger partial charge in [-0.25, -0.2) is 9.78 Å². The van der Waals surface area contributed by atoms with Crippen LogP contribution >= 0.6 is 0 Å². The number of likely N-dealkylation sites (tertiary alicyclic amines) is 1. The number of hydrogen-bond acceptors (Lipinski definition) is 5. The molecule has 8 heteroatoms. The highest BCUT2D eigenvalue weighted by atomic mass is 16.5. The van der Waals surface area contributed by atoms with Crippen molar-refractivity contribution in [1.29, 1.82) is 0 Å². The maximum atomic E-state index is 12.9. The highest BCUT2D eigenvalue weighted by Gasteiger charge is 2.23. The van der Waals surface area contributed by atoms with Crippen molar-refractivity contribution in [2.24, 2.45) is 5.92 Å². The second kappa shape index (κ2) is 10.3. The molecule has 2 aromatic heterocycles. The van der Waals surface area contributed by atoms with Crippen molar-refractivity contribution in [3.8, 4) is 0 Å². The van der Waals surface area contributed by atoms with Crippen LogP contribution in [0.15, 0.2) is 39.9 Å². The van der Waals surface area contributed by atoms with Crippen LogP contribution in [-0.2, 0) is 24.4 Å². The number of ether oxygens (including phenoxy) is 1. The SMILES string of the molecule is CCCCn1c(CN2CCC(COC)CC2)nc2c1c(=O)[nH]c(=O)n2Cc1ccccc1. The first-order valence-electron chi connectivity index (χ1n) is 11.6. The van der Waals surface area contributed by atoms with Crippen LogP contribution in [0.25, 0.3) is 11.2 Å². The quantitative estimate of drug-likeness (QED) is 0.554. The van der Waals surface area contributed by atoms with E-state index < -0.39 is 5.69 Å². The first-order valence-corrected chi connectivity index (χ1v) is 11.6. The predicted octanol–water partition coefficient (Wildman–Crippen LogP) is 2.59. The Morgan fingerprint density at radius 3 is 2.53 bits per heavy atom. The van der Waals surface area contributed by atoms with Gasteiger partial charge in [0.05, 0.1) is 13.1 Å². The van der Waals surface area contributed by atoms with Crippen LogP contribution in [0.5, 0.6) is 0 Å². The van der Waals surface area contributed by atoms with Gasteiger partial charge in [-0.15, -0.1) is 0 Å². The second-order valence-electron chi connectivity index (χ2n) is 8.71. The fourth-order valence-corrected chi connectivity index (χ4v) is 4.56. The van der Waals surface area contributed by atoms with Gasteiger partial charge in [0, 0.05) is 20.3 Å². The van der Waals surface area contributed by atoms with Crippen molar-refractivity contribution in [2.75, 3.05) is 26.8 Å². The number of nitrogens with one attached hydrogen (secondary N) is 1. The minimum Gasteiger partial charge on any atom is -0.384 e. The topological polar surface area (TPSA) is 85.2 Å². The molecule has 0 bridgehead atoms. The lowest BCUT2D eigenvalue weighted by atomic mass is 9.98. The third-order valence-electron chi connectivity index (χ3n) is 6.36. The molecule has 0 spiro atoms. The van der Waals surface area contributed by atoms with E-state index in [-0.39, 0.29) is 5.56 Å². The normalized spacial score (nSPS) is 15.6. The largest absolute Gasteiger partial charge is 0.384 e. The number of nitrogens with zero attached hydrogens (tertiary/aromatic N) is 4. The number of imidazole rings is 1. The Bertz CT molecular complexity index is 1140. The van der Waals surface area contributed by atoms with Crippen LogP contribution in [-0.4, -0.2) is 50.8 Å². The lowest BCUT2D eigenvalue weighted by molar-refractivity contribution is 0.0953. The van der Waals surface area contributed by atoms with E-state index in [0.717, 1.165) is 63.3 Å². The molecule has 172 valence electrons. The number of benzene rings is 1. The van der Waals surface area contributed by atoms with E-state index in [1.54, 1.807) is 11.7 Å². The number of methoxy groups -OCH3 is 1. The first kappa shape index (κ1) is 22.5. The lowest BCUT2D eigenvalue weighted by Gasteiger charge is -2.31. The second-order valence-corrected chi connectivity index (χ2v) is 8.71. The molecule has 1 fully saturated rings. The van der Waals surface area contributed by atoms with Gasteiger partial charge >= 0.3 is 5.69 Å². The van der Waals surface area contributed by atoms with Gasteiger partial charge in [-0.2, -0.15) is 0 Å². The maximum absolute atomic E-state index is 12.9. The van der Waals surface area contributed by atoms with E-state index in [2.05, 4.69) is 16.8 Å². The summed E-state index contributed by atoms with van der Waals surface area (Å²) in [5, 5.41) is 0. The van der Waals surface area contributed by atoms with Gasteiger partial charge in [0.15, 0.2) is 11.2 Å². The first-order chi connectivity index (χ1) is 15.6. The summed E-state index contributed by atoms with van der Waals surface area (Å²) in [6.45, 7) is 6.68. The van der Waals surface area contributed by atoms with Gasteiger partial charge < -0.3 is 9.30 Å². The molecule has 0 saturated carbocycles. The fourth-order valence-electron chi connectivity index (χ4n) is 4.56. The molecule has 4 rings (SSSR count). The highest BCUT2D eigenvalue weighted by molar-refractivity contribution is 5.71. The van der Waals surface area contributed by atoms with E-state index >= 15 is 0 Å². The van der Waals surface area contributed by atoms with E-state index in [0.29, 0.717) is 30.2 Å². The van der Waals surface area contributed by atoms with Crippen molar-refractivity contribution < 1.29 is 4.74 Å². The zero-order chi connectivity index (χ0) is 22.5. The van der Waals surface area contributed by atoms with Crippen molar-refractivity contribution in [3.63, 3.8) is 0 Å². The lowest BCUT2D eigenvalue weighted by Crippen LogP contribution is -2.35. The highest BCUT2D eigenvalue weighted by Crippen LogP contribution is 2.21. The molecule has 0 amide bonds. The van der Waals surface area contributed by atoms with Crippen LogP contribution in [0.3, 0.4) is 0 Å². The van der Waals surface area contributed by atoms with Gasteiger partial charge in [0.25, 0.3) is 5.56 Å². The molecule has 3 heterocycles. The standard InChI is InChI=1S/C24H33N5O3/c1-3-4-12-28-20(16-27-13-10-19(11-14-27)17-32-2)25-22-21(28)23(30)26-24(31)29(22)15-18-8-6-5-7-9-18/h5-9,19H,3-4,10-17H2,1-2H3,(H,26,30,31). The molecule has 3 aromatic rings. The van der Waals surface area contributed by atoms with Crippen LogP contribution in [0, 0.1) is 5.92 Å². The van der Waals surface area contributed by atoms with Crippen LogP contribution in [0.1, 0.15) is 44.0 Å². The Kier molecular flexibility index (Phi) is 7.22. The number of aromatic nitrogens is 4. The Balaban J connectivity index is 1.70. The number of aromatic amines is 1. The van der Waals surface area contributed by atoms with E-state index in [1.165, 1.54) is 0 Å². The number of piperidine rings is 1. The molecule has 1 saturated heterocycles.